The van der Waals surface area contributed by atoms with Gasteiger partial charge in [-0.15, -0.1) is 0 Å². The molecule has 1 aromatic rings. The number of rotatable bonds is 4. The van der Waals surface area contributed by atoms with E-state index in [1.165, 1.54) is 37.8 Å². The van der Waals surface area contributed by atoms with Gasteiger partial charge in [-0.1, -0.05) is 19.8 Å². The smallest absolute Gasteiger partial charge is 0.176 e. The van der Waals surface area contributed by atoms with E-state index in [0.29, 0.717) is 18.2 Å². The number of hydrogen-bond donors (Lipinski definition) is 0. The van der Waals surface area contributed by atoms with Gasteiger partial charge in [-0.2, -0.15) is 0 Å². The number of benzene rings is 1. The van der Waals surface area contributed by atoms with Gasteiger partial charge in [0.1, 0.15) is 5.82 Å². The quantitative estimate of drug-likeness (QED) is 0.773. The maximum atomic E-state index is 12.9. The van der Waals surface area contributed by atoms with Crippen LogP contribution in [0.15, 0.2) is 24.3 Å². The van der Waals surface area contributed by atoms with Crippen LogP contribution < -0.4 is 0 Å². The second kappa shape index (κ2) is 6.80. The zero-order valence-electron chi connectivity index (χ0n) is 11.6. The Labute approximate surface area is 114 Å². The highest BCUT2D eigenvalue weighted by Crippen LogP contribution is 2.19. The Morgan fingerprint density at radius 2 is 2.00 bits per heavy atom. The summed E-state index contributed by atoms with van der Waals surface area (Å²) in [6, 6.07) is 6.39. The van der Waals surface area contributed by atoms with Gasteiger partial charge in [0.05, 0.1) is 6.54 Å². The highest BCUT2D eigenvalue weighted by Gasteiger charge is 2.21. The van der Waals surface area contributed by atoms with E-state index in [-0.39, 0.29) is 11.6 Å². The van der Waals surface area contributed by atoms with Crippen molar-refractivity contribution in [3.63, 3.8) is 0 Å². The van der Waals surface area contributed by atoms with Gasteiger partial charge in [-0.25, -0.2) is 4.39 Å². The molecule has 1 aromatic carbocycles. The van der Waals surface area contributed by atoms with Crippen molar-refractivity contribution in [1.29, 1.82) is 0 Å². The molecule has 0 N–H and O–H groups in total. The fourth-order valence-corrected chi connectivity index (χ4v) is 2.82. The van der Waals surface area contributed by atoms with Crippen LogP contribution in [0.4, 0.5) is 4.39 Å². The standard InChI is InChI=1S/C16H22FNO/c1-2-15-6-4-3-5-11-18(15)12-16(19)13-7-9-14(17)10-8-13/h7-10,15H,2-6,11-12H2,1H3. The van der Waals surface area contributed by atoms with E-state index in [1.807, 2.05) is 0 Å². The van der Waals surface area contributed by atoms with Gasteiger partial charge in [0.15, 0.2) is 5.78 Å². The van der Waals surface area contributed by atoms with Gasteiger partial charge < -0.3 is 0 Å². The van der Waals surface area contributed by atoms with Gasteiger partial charge in [0.2, 0.25) is 0 Å². The first-order valence-electron chi connectivity index (χ1n) is 7.23. The number of nitrogens with zero attached hydrogens (tertiary/aromatic N) is 1. The minimum Gasteiger partial charge on any atom is -0.293 e. The molecule has 0 aliphatic carbocycles. The van der Waals surface area contributed by atoms with Crippen molar-refractivity contribution in [3.8, 4) is 0 Å². The van der Waals surface area contributed by atoms with E-state index in [9.17, 15) is 9.18 Å². The van der Waals surface area contributed by atoms with Crippen LogP contribution in [0.1, 0.15) is 49.4 Å². The summed E-state index contributed by atoms with van der Waals surface area (Å²) >= 11 is 0. The fraction of sp³-hybridized carbons (Fsp3) is 0.562. The lowest BCUT2D eigenvalue weighted by atomic mass is 10.1. The van der Waals surface area contributed by atoms with Crippen LogP contribution >= 0.6 is 0 Å². The first-order valence-corrected chi connectivity index (χ1v) is 7.23. The van der Waals surface area contributed by atoms with E-state index < -0.39 is 0 Å². The number of halogens is 1. The van der Waals surface area contributed by atoms with E-state index >= 15 is 0 Å². The topological polar surface area (TPSA) is 20.3 Å². The number of carbonyl (C=O) groups is 1. The molecule has 0 aromatic heterocycles. The summed E-state index contributed by atoms with van der Waals surface area (Å²) in [6.07, 6.45) is 5.98. The molecule has 1 atom stereocenters. The SMILES string of the molecule is CCC1CCCCCN1CC(=O)c1ccc(F)cc1. The molecule has 2 nitrogen and oxygen atoms in total. The average Bonchev–Trinajstić information content (AvgIpc) is 2.64. The number of carbonyl (C=O) groups excluding carboxylic acids is 1. The summed E-state index contributed by atoms with van der Waals surface area (Å²) in [5.74, 6) is -0.196. The fourth-order valence-electron chi connectivity index (χ4n) is 2.82. The van der Waals surface area contributed by atoms with Crippen molar-refractivity contribution in [1.82, 2.24) is 4.90 Å². The lowest BCUT2D eigenvalue weighted by Crippen LogP contribution is -2.38. The molecule has 1 aliphatic heterocycles. The minimum atomic E-state index is -0.294. The average molecular weight is 263 g/mol. The molecule has 1 unspecified atom stereocenters. The third kappa shape index (κ3) is 3.87. The molecule has 0 amide bonds. The Balaban J connectivity index is 2.01. The second-order valence-electron chi connectivity index (χ2n) is 5.31. The van der Waals surface area contributed by atoms with Crippen molar-refractivity contribution >= 4 is 5.78 Å². The van der Waals surface area contributed by atoms with Crippen LogP contribution in [0.25, 0.3) is 0 Å². The van der Waals surface area contributed by atoms with Crippen molar-refractivity contribution in [2.75, 3.05) is 13.1 Å². The first-order chi connectivity index (χ1) is 9.20. The molecule has 2 rings (SSSR count). The lowest BCUT2D eigenvalue weighted by Gasteiger charge is -2.28. The predicted molar refractivity (Wildman–Crippen MR) is 74.9 cm³/mol. The number of likely N-dealkylation sites (tertiary alicyclic amines) is 1. The van der Waals surface area contributed by atoms with Gasteiger partial charge >= 0.3 is 0 Å². The minimum absolute atomic E-state index is 0.0975. The Kier molecular flexibility index (Phi) is 5.08. The molecule has 104 valence electrons. The normalized spacial score (nSPS) is 21.1. The number of hydrogen-bond acceptors (Lipinski definition) is 2. The summed E-state index contributed by atoms with van der Waals surface area (Å²) in [5.41, 5.74) is 0.612. The third-order valence-electron chi connectivity index (χ3n) is 3.98. The predicted octanol–water partition coefficient (Wildman–Crippen LogP) is 3.66. The summed E-state index contributed by atoms with van der Waals surface area (Å²) < 4.78 is 12.9. The Morgan fingerprint density at radius 1 is 1.26 bits per heavy atom. The van der Waals surface area contributed by atoms with Crippen LogP contribution in [0.2, 0.25) is 0 Å². The molecule has 1 saturated heterocycles. The van der Waals surface area contributed by atoms with Gasteiger partial charge in [0, 0.05) is 11.6 Å². The second-order valence-corrected chi connectivity index (χ2v) is 5.31. The molecular formula is C16H22FNO. The molecule has 1 fully saturated rings. The summed E-state index contributed by atoms with van der Waals surface area (Å²) in [5, 5.41) is 0. The molecule has 3 heteroatoms. The van der Waals surface area contributed by atoms with Crippen LogP contribution in [0.5, 0.6) is 0 Å². The molecular weight excluding hydrogens is 241 g/mol. The number of ketones is 1. The summed E-state index contributed by atoms with van der Waals surface area (Å²) in [7, 11) is 0. The molecule has 1 aliphatic rings. The third-order valence-corrected chi connectivity index (χ3v) is 3.98. The maximum Gasteiger partial charge on any atom is 0.176 e. The highest BCUT2D eigenvalue weighted by atomic mass is 19.1. The van der Waals surface area contributed by atoms with E-state index in [4.69, 9.17) is 0 Å². The van der Waals surface area contributed by atoms with Crippen LogP contribution in [-0.2, 0) is 0 Å². The zero-order valence-corrected chi connectivity index (χ0v) is 11.6. The van der Waals surface area contributed by atoms with Gasteiger partial charge in [-0.3, -0.25) is 9.69 Å². The molecule has 0 bridgehead atoms. The Hall–Kier alpha value is -1.22. The molecule has 0 radical (unpaired) electrons. The number of Topliss-reactive ketones (excluding diaryl/α,β-unsaturated/α-hetero) is 1. The monoisotopic (exact) mass is 263 g/mol. The summed E-state index contributed by atoms with van der Waals surface area (Å²) in [4.78, 5) is 14.5. The zero-order chi connectivity index (χ0) is 13.7. The van der Waals surface area contributed by atoms with E-state index in [2.05, 4.69) is 11.8 Å². The van der Waals surface area contributed by atoms with Crippen LogP contribution in [0, 0.1) is 5.82 Å². The van der Waals surface area contributed by atoms with E-state index in [0.717, 1.165) is 13.0 Å². The van der Waals surface area contributed by atoms with Crippen molar-refractivity contribution in [2.45, 2.75) is 45.1 Å². The van der Waals surface area contributed by atoms with E-state index in [1.54, 1.807) is 12.1 Å². The lowest BCUT2D eigenvalue weighted by molar-refractivity contribution is 0.0890. The van der Waals surface area contributed by atoms with Gasteiger partial charge in [0.25, 0.3) is 0 Å². The van der Waals surface area contributed by atoms with Crippen molar-refractivity contribution < 1.29 is 9.18 Å². The van der Waals surface area contributed by atoms with Crippen molar-refractivity contribution in [3.05, 3.63) is 35.6 Å². The largest absolute Gasteiger partial charge is 0.293 e. The van der Waals surface area contributed by atoms with Crippen LogP contribution in [0.3, 0.4) is 0 Å². The van der Waals surface area contributed by atoms with Crippen molar-refractivity contribution in [2.24, 2.45) is 0 Å². The van der Waals surface area contributed by atoms with Crippen LogP contribution in [-0.4, -0.2) is 29.8 Å². The highest BCUT2D eigenvalue weighted by molar-refractivity contribution is 5.97. The molecule has 0 saturated carbocycles. The summed E-state index contributed by atoms with van der Waals surface area (Å²) in [6.45, 7) is 3.65. The molecule has 0 spiro atoms. The Morgan fingerprint density at radius 3 is 2.68 bits per heavy atom. The first kappa shape index (κ1) is 14.2. The maximum absolute atomic E-state index is 12.9. The molecule has 19 heavy (non-hydrogen) atoms. The van der Waals surface area contributed by atoms with Gasteiger partial charge in [-0.05, 0) is 50.1 Å². The molecule has 1 heterocycles. The Bertz CT molecular complexity index is 415.